The Morgan fingerprint density at radius 1 is 1.16 bits per heavy atom. The van der Waals surface area contributed by atoms with Gasteiger partial charge in [-0.15, -0.1) is 0 Å². The Labute approximate surface area is 174 Å². The van der Waals surface area contributed by atoms with Gasteiger partial charge in [-0.2, -0.15) is 0 Å². The molecule has 0 spiro atoms. The third kappa shape index (κ3) is 11.1. The molecular formula is C20H33NaO4. The van der Waals surface area contributed by atoms with E-state index in [0.29, 0.717) is 25.0 Å². The number of carbonyl (C=O) groups is 1. The van der Waals surface area contributed by atoms with E-state index in [4.69, 9.17) is 0 Å². The van der Waals surface area contributed by atoms with Crippen LogP contribution in [0.3, 0.4) is 0 Å². The molecule has 5 heteroatoms. The number of unbranched alkanes of at least 4 members (excludes halogenated alkanes) is 5. The molecule has 1 aliphatic rings. The topological polar surface area (TPSA) is 80.6 Å². The van der Waals surface area contributed by atoms with Crippen molar-refractivity contribution in [1.29, 1.82) is 0 Å². The first-order chi connectivity index (χ1) is 11.5. The predicted molar refractivity (Wildman–Crippen MR) is 94.3 cm³/mol. The first kappa shape index (κ1) is 24.7. The molecule has 0 aromatic rings. The molecule has 1 aliphatic carbocycles. The molecule has 0 heterocycles. The summed E-state index contributed by atoms with van der Waals surface area (Å²) in [5, 5.41) is 30.6. The fourth-order valence-corrected chi connectivity index (χ4v) is 3.42. The monoisotopic (exact) mass is 360 g/mol. The number of aliphatic hydroxyl groups is 2. The molecule has 1 saturated carbocycles. The normalized spacial score (nSPS) is 23.8. The average molecular weight is 360 g/mol. The van der Waals surface area contributed by atoms with Crippen LogP contribution >= 0.6 is 0 Å². The van der Waals surface area contributed by atoms with E-state index in [1.807, 2.05) is 0 Å². The van der Waals surface area contributed by atoms with Crippen molar-refractivity contribution in [2.24, 2.45) is 11.8 Å². The van der Waals surface area contributed by atoms with Gasteiger partial charge >= 0.3 is 29.6 Å². The molecule has 2 N–H and O–H groups in total. The van der Waals surface area contributed by atoms with E-state index >= 15 is 0 Å². The third-order valence-corrected chi connectivity index (χ3v) is 4.84. The summed E-state index contributed by atoms with van der Waals surface area (Å²) in [6.45, 7) is 2.20. The van der Waals surface area contributed by atoms with Gasteiger partial charge in [0.05, 0.1) is 11.9 Å². The second-order valence-electron chi connectivity index (χ2n) is 6.92. The maximum atomic E-state index is 10.4. The number of carbonyl (C=O) groups excluding carboxylic acids is 1. The molecule has 0 aliphatic heterocycles. The molecule has 0 saturated heterocycles. The van der Waals surface area contributed by atoms with Crippen molar-refractivity contribution in [2.45, 2.75) is 83.7 Å². The molecule has 138 valence electrons. The summed E-state index contributed by atoms with van der Waals surface area (Å²) in [6.07, 6.45) is 15.1. The summed E-state index contributed by atoms with van der Waals surface area (Å²) in [7, 11) is 0. The van der Waals surface area contributed by atoms with Gasteiger partial charge in [-0.1, -0.05) is 38.3 Å². The van der Waals surface area contributed by atoms with Gasteiger partial charge < -0.3 is 20.1 Å². The minimum Gasteiger partial charge on any atom is -0.550 e. The Morgan fingerprint density at radius 3 is 2.60 bits per heavy atom. The predicted octanol–water partition coefficient (Wildman–Crippen LogP) is 0.656. The Balaban J connectivity index is 0.00000576. The Hall–Kier alpha value is -0.290. The maximum Gasteiger partial charge on any atom is 1.00 e. The SMILES string of the molecule is CCCCCC/C=C/C1[C@@H](C/C(O)=C/CCCC(=O)[O-])CC[C@H]1O.[Na+]. The Morgan fingerprint density at radius 2 is 1.92 bits per heavy atom. The first-order valence-corrected chi connectivity index (χ1v) is 9.47. The molecular weight excluding hydrogens is 327 g/mol. The maximum absolute atomic E-state index is 10.4. The molecule has 1 unspecified atom stereocenters. The number of hydrogen-bond donors (Lipinski definition) is 2. The Kier molecular flexibility index (Phi) is 14.7. The molecule has 0 aromatic carbocycles. The molecule has 1 fully saturated rings. The second kappa shape index (κ2) is 14.8. The summed E-state index contributed by atoms with van der Waals surface area (Å²) in [6, 6.07) is 0. The molecule has 0 radical (unpaired) electrons. The zero-order valence-corrected chi connectivity index (χ0v) is 18.0. The van der Waals surface area contributed by atoms with Crippen LogP contribution in [-0.4, -0.2) is 22.3 Å². The van der Waals surface area contributed by atoms with Crippen LogP contribution in [0.4, 0.5) is 0 Å². The summed E-state index contributed by atoms with van der Waals surface area (Å²) in [4.78, 5) is 10.4. The Bertz CT molecular complexity index is 420. The van der Waals surface area contributed by atoms with Gasteiger partial charge in [-0.3, -0.25) is 0 Å². The van der Waals surface area contributed by atoms with Gasteiger partial charge in [0.2, 0.25) is 0 Å². The average Bonchev–Trinajstić information content (AvgIpc) is 2.87. The minimum absolute atomic E-state index is 0. The van der Waals surface area contributed by atoms with Crippen LogP contribution < -0.4 is 34.7 Å². The van der Waals surface area contributed by atoms with Gasteiger partial charge in [0.15, 0.2) is 0 Å². The van der Waals surface area contributed by atoms with Crippen LogP contribution in [-0.2, 0) is 4.79 Å². The van der Waals surface area contributed by atoms with Crippen LogP contribution in [0.5, 0.6) is 0 Å². The van der Waals surface area contributed by atoms with E-state index in [2.05, 4.69) is 19.1 Å². The number of aliphatic carboxylic acids is 1. The number of allylic oxidation sites excluding steroid dienone is 3. The van der Waals surface area contributed by atoms with Crippen LogP contribution in [0.2, 0.25) is 0 Å². The zero-order chi connectivity index (χ0) is 17.8. The fraction of sp³-hybridized carbons (Fsp3) is 0.750. The third-order valence-electron chi connectivity index (χ3n) is 4.84. The van der Waals surface area contributed by atoms with Crippen LogP contribution in [0, 0.1) is 11.8 Å². The zero-order valence-electron chi connectivity index (χ0n) is 16.0. The van der Waals surface area contributed by atoms with Gasteiger partial charge in [-0.25, -0.2) is 0 Å². The van der Waals surface area contributed by atoms with E-state index in [9.17, 15) is 20.1 Å². The van der Waals surface area contributed by atoms with Crippen LogP contribution in [0.25, 0.3) is 0 Å². The second-order valence-corrected chi connectivity index (χ2v) is 6.92. The van der Waals surface area contributed by atoms with E-state index in [1.165, 1.54) is 25.7 Å². The number of carboxylic acid groups (broad SMARTS) is 1. The standard InChI is InChI=1S/C20H34O4.Na/c1-2-3-4-5-6-7-11-18-16(13-14-19(18)22)15-17(21)10-8-9-12-20(23)24;/h7,10-11,16,18-19,21-22H,2-6,8-9,12-15H2,1H3,(H,23,24);/q;+1/p-1/b11-7+,17-10-;/t16-,18?,19-;/m1./s1. The first-order valence-electron chi connectivity index (χ1n) is 9.47. The summed E-state index contributed by atoms with van der Waals surface area (Å²) >= 11 is 0. The van der Waals surface area contributed by atoms with Gasteiger partial charge in [0.1, 0.15) is 0 Å². The van der Waals surface area contributed by atoms with Gasteiger partial charge in [-0.05, 0) is 56.9 Å². The smallest absolute Gasteiger partial charge is 0.550 e. The largest absolute Gasteiger partial charge is 1.00 e. The van der Waals surface area contributed by atoms with Crippen LogP contribution in [0.1, 0.15) is 77.6 Å². The molecule has 0 amide bonds. The quantitative estimate of drug-likeness (QED) is 0.232. The van der Waals surface area contributed by atoms with Crippen molar-refractivity contribution in [3.05, 3.63) is 24.0 Å². The molecule has 0 aromatic heterocycles. The number of rotatable bonds is 12. The van der Waals surface area contributed by atoms with Gasteiger partial charge in [0, 0.05) is 18.3 Å². The summed E-state index contributed by atoms with van der Waals surface area (Å²) < 4.78 is 0. The van der Waals surface area contributed by atoms with E-state index in [0.717, 1.165) is 19.3 Å². The van der Waals surface area contributed by atoms with Gasteiger partial charge in [0.25, 0.3) is 0 Å². The van der Waals surface area contributed by atoms with E-state index in [1.54, 1.807) is 6.08 Å². The van der Waals surface area contributed by atoms with Crippen molar-refractivity contribution in [2.75, 3.05) is 0 Å². The van der Waals surface area contributed by atoms with E-state index < -0.39 is 5.97 Å². The number of hydrogen-bond acceptors (Lipinski definition) is 4. The molecule has 0 bridgehead atoms. The van der Waals surface area contributed by atoms with Crippen molar-refractivity contribution in [1.82, 2.24) is 0 Å². The van der Waals surface area contributed by atoms with Crippen molar-refractivity contribution in [3.63, 3.8) is 0 Å². The van der Waals surface area contributed by atoms with Crippen molar-refractivity contribution >= 4 is 5.97 Å². The minimum atomic E-state index is -1.05. The number of carboxylic acids is 1. The van der Waals surface area contributed by atoms with Crippen molar-refractivity contribution < 1.29 is 49.7 Å². The fourth-order valence-electron chi connectivity index (χ4n) is 3.42. The van der Waals surface area contributed by atoms with Crippen molar-refractivity contribution in [3.8, 4) is 0 Å². The number of aliphatic hydroxyl groups excluding tert-OH is 2. The molecule has 1 rings (SSSR count). The molecule has 25 heavy (non-hydrogen) atoms. The summed E-state index contributed by atoms with van der Waals surface area (Å²) in [5.41, 5.74) is 0. The molecule has 4 nitrogen and oxygen atoms in total. The van der Waals surface area contributed by atoms with Crippen LogP contribution in [0.15, 0.2) is 24.0 Å². The summed E-state index contributed by atoms with van der Waals surface area (Å²) in [5.74, 6) is -0.348. The van der Waals surface area contributed by atoms with E-state index in [-0.39, 0.29) is 53.9 Å². The molecule has 3 atom stereocenters.